The number of nitrogens with one attached hydrogen (secondary N) is 1. The summed E-state index contributed by atoms with van der Waals surface area (Å²) in [6.07, 6.45) is 2.04. The Morgan fingerprint density at radius 3 is 2.80 bits per heavy atom. The molecule has 5 heteroatoms. The zero-order chi connectivity index (χ0) is 7.40. The Morgan fingerprint density at radius 1 is 1.50 bits per heavy atom. The van der Waals surface area contributed by atoms with Crippen molar-refractivity contribution in [2.45, 2.75) is 11.5 Å². The van der Waals surface area contributed by atoms with Gasteiger partial charge in [0.1, 0.15) is 0 Å². The number of rotatable bonds is 3. The van der Waals surface area contributed by atoms with Gasteiger partial charge in [-0.25, -0.2) is 0 Å². The van der Waals surface area contributed by atoms with E-state index in [4.69, 9.17) is 0 Å². The first-order valence-corrected chi connectivity index (χ1v) is 4.89. The van der Waals surface area contributed by atoms with E-state index in [-0.39, 0.29) is 0 Å². The van der Waals surface area contributed by atoms with Crippen LogP contribution < -0.4 is 0 Å². The van der Waals surface area contributed by atoms with Gasteiger partial charge in [-0.15, -0.1) is 0 Å². The number of aromatic nitrogens is 3. The first-order valence-electron chi connectivity index (χ1n) is 2.86. The van der Waals surface area contributed by atoms with Gasteiger partial charge in [0.25, 0.3) is 0 Å². The van der Waals surface area contributed by atoms with Crippen molar-refractivity contribution in [3.05, 3.63) is 11.4 Å². The molecule has 1 aromatic heterocycles. The molecule has 0 bridgehead atoms. The maximum atomic E-state index is 4.11. The van der Waals surface area contributed by atoms with Crippen LogP contribution in [0.5, 0.6) is 0 Å². The van der Waals surface area contributed by atoms with E-state index in [1.54, 1.807) is 11.8 Å². The Morgan fingerprint density at radius 2 is 2.20 bits per heavy atom. The smallest absolute Gasteiger partial charge is 0.0963 e. The van der Waals surface area contributed by atoms with Crippen LogP contribution >= 0.6 is 24.4 Å². The van der Waals surface area contributed by atoms with Gasteiger partial charge in [-0.2, -0.15) is 39.8 Å². The molecule has 0 spiro atoms. The van der Waals surface area contributed by atoms with E-state index >= 15 is 0 Å². The molecule has 0 aliphatic heterocycles. The standard InChI is InChI=1S/C5H9N3S2/c1-10-3-5-4(2-9)6-8-7-5/h9H,2-3H2,1H3,(H,6,7,8). The molecule has 10 heavy (non-hydrogen) atoms. The van der Waals surface area contributed by atoms with E-state index in [2.05, 4.69) is 28.0 Å². The minimum absolute atomic E-state index is 0.659. The highest BCUT2D eigenvalue weighted by Crippen LogP contribution is 2.10. The average molecular weight is 175 g/mol. The van der Waals surface area contributed by atoms with Gasteiger partial charge in [-0.05, 0) is 6.26 Å². The normalized spacial score (nSPS) is 10.2. The number of H-pyrrole nitrogens is 1. The summed E-state index contributed by atoms with van der Waals surface area (Å²) < 4.78 is 0. The number of hydrogen-bond acceptors (Lipinski definition) is 4. The summed E-state index contributed by atoms with van der Waals surface area (Å²) in [6.45, 7) is 0. The van der Waals surface area contributed by atoms with Crippen LogP contribution in [0.4, 0.5) is 0 Å². The zero-order valence-electron chi connectivity index (χ0n) is 5.66. The number of thioether (sulfide) groups is 1. The molecule has 0 aliphatic rings. The number of nitrogens with zero attached hydrogens (tertiary/aromatic N) is 2. The van der Waals surface area contributed by atoms with E-state index in [0.717, 1.165) is 17.1 Å². The van der Waals surface area contributed by atoms with Crippen LogP contribution in [0.15, 0.2) is 0 Å². The molecule has 0 atom stereocenters. The second kappa shape index (κ2) is 3.88. The molecular weight excluding hydrogens is 166 g/mol. The van der Waals surface area contributed by atoms with Crippen molar-refractivity contribution in [2.24, 2.45) is 0 Å². The summed E-state index contributed by atoms with van der Waals surface area (Å²) in [5.41, 5.74) is 1.97. The van der Waals surface area contributed by atoms with Crippen molar-refractivity contribution >= 4 is 24.4 Å². The quantitative estimate of drug-likeness (QED) is 0.676. The molecule has 0 fully saturated rings. The second-order valence-corrected chi connectivity index (χ2v) is 2.99. The fourth-order valence-corrected chi connectivity index (χ4v) is 1.41. The summed E-state index contributed by atoms with van der Waals surface area (Å²) in [6, 6.07) is 0. The van der Waals surface area contributed by atoms with Crippen molar-refractivity contribution < 1.29 is 0 Å². The third-order valence-corrected chi connectivity index (χ3v) is 2.00. The minimum atomic E-state index is 0.659. The molecule has 0 saturated carbocycles. The third kappa shape index (κ3) is 1.67. The molecule has 56 valence electrons. The van der Waals surface area contributed by atoms with Crippen molar-refractivity contribution in [3.8, 4) is 0 Å². The van der Waals surface area contributed by atoms with E-state index in [0.29, 0.717) is 5.75 Å². The van der Waals surface area contributed by atoms with E-state index < -0.39 is 0 Å². The fraction of sp³-hybridized carbons (Fsp3) is 0.600. The lowest BCUT2D eigenvalue weighted by Gasteiger charge is -1.91. The zero-order valence-corrected chi connectivity index (χ0v) is 7.38. The van der Waals surface area contributed by atoms with Gasteiger partial charge in [0.15, 0.2) is 0 Å². The predicted octanol–water partition coefficient (Wildman–Crippen LogP) is 1.10. The first kappa shape index (κ1) is 7.94. The number of hydrogen-bond donors (Lipinski definition) is 2. The van der Waals surface area contributed by atoms with Crippen LogP contribution in [0.25, 0.3) is 0 Å². The first-order chi connectivity index (χ1) is 4.88. The SMILES string of the molecule is CSCc1n[nH]nc1CS. The molecule has 0 aliphatic carbocycles. The molecule has 1 N–H and O–H groups in total. The minimum Gasteiger partial charge on any atom is -0.197 e. The third-order valence-electron chi connectivity index (χ3n) is 1.13. The van der Waals surface area contributed by atoms with Gasteiger partial charge >= 0.3 is 0 Å². The highest BCUT2D eigenvalue weighted by Gasteiger charge is 2.03. The van der Waals surface area contributed by atoms with Crippen molar-refractivity contribution in [2.75, 3.05) is 6.26 Å². The molecule has 0 amide bonds. The average Bonchev–Trinajstić information content (AvgIpc) is 2.36. The molecule has 1 heterocycles. The summed E-state index contributed by atoms with van der Waals surface area (Å²) in [5, 5.41) is 10.5. The fourth-order valence-electron chi connectivity index (χ4n) is 0.654. The molecule has 1 aromatic rings. The Balaban J connectivity index is 2.70. The maximum Gasteiger partial charge on any atom is 0.0963 e. The molecule has 0 saturated heterocycles. The summed E-state index contributed by atoms with van der Waals surface area (Å²) in [4.78, 5) is 0. The lowest BCUT2D eigenvalue weighted by atomic mass is 10.4. The highest BCUT2D eigenvalue weighted by molar-refractivity contribution is 7.97. The Bertz CT molecular complexity index is 199. The van der Waals surface area contributed by atoms with Gasteiger partial charge in [-0.1, -0.05) is 0 Å². The van der Waals surface area contributed by atoms with Crippen molar-refractivity contribution in [1.29, 1.82) is 0 Å². The van der Waals surface area contributed by atoms with Crippen LogP contribution in [0.3, 0.4) is 0 Å². The molecule has 3 nitrogen and oxygen atoms in total. The number of aromatic amines is 1. The van der Waals surface area contributed by atoms with Gasteiger partial charge in [-0.3, -0.25) is 0 Å². The Labute approximate surface area is 69.4 Å². The van der Waals surface area contributed by atoms with Gasteiger partial charge in [0.2, 0.25) is 0 Å². The van der Waals surface area contributed by atoms with Crippen LogP contribution in [0, 0.1) is 0 Å². The lowest BCUT2D eigenvalue weighted by molar-refractivity contribution is 0.918. The molecular formula is C5H9N3S2. The van der Waals surface area contributed by atoms with E-state index in [1.807, 2.05) is 6.26 Å². The van der Waals surface area contributed by atoms with E-state index in [9.17, 15) is 0 Å². The van der Waals surface area contributed by atoms with Crippen LogP contribution in [0.1, 0.15) is 11.4 Å². The van der Waals surface area contributed by atoms with Gasteiger partial charge in [0.05, 0.1) is 11.4 Å². The monoisotopic (exact) mass is 175 g/mol. The largest absolute Gasteiger partial charge is 0.197 e. The van der Waals surface area contributed by atoms with Crippen LogP contribution in [-0.2, 0) is 11.5 Å². The van der Waals surface area contributed by atoms with E-state index in [1.165, 1.54) is 0 Å². The Hall–Kier alpha value is -0.160. The summed E-state index contributed by atoms with van der Waals surface area (Å²) in [7, 11) is 0. The maximum absolute atomic E-state index is 4.11. The highest BCUT2D eigenvalue weighted by atomic mass is 32.2. The molecule has 1 rings (SSSR count). The summed E-state index contributed by atoms with van der Waals surface area (Å²) in [5.74, 6) is 1.57. The molecule has 0 aromatic carbocycles. The van der Waals surface area contributed by atoms with Gasteiger partial charge in [0, 0.05) is 11.5 Å². The Kier molecular flexibility index (Phi) is 3.08. The molecule has 0 unspecified atom stereocenters. The summed E-state index contributed by atoms with van der Waals surface area (Å²) >= 11 is 5.84. The molecule has 0 radical (unpaired) electrons. The van der Waals surface area contributed by atoms with Crippen molar-refractivity contribution in [3.63, 3.8) is 0 Å². The van der Waals surface area contributed by atoms with Gasteiger partial charge < -0.3 is 0 Å². The van der Waals surface area contributed by atoms with Crippen LogP contribution in [0.2, 0.25) is 0 Å². The number of thiol groups is 1. The second-order valence-electron chi connectivity index (χ2n) is 1.81. The van der Waals surface area contributed by atoms with Crippen LogP contribution in [-0.4, -0.2) is 21.7 Å². The van der Waals surface area contributed by atoms with Crippen molar-refractivity contribution in [1.82, 2.24) is 15.4 Å². The predicted molar refractivity (Wildman–Crippen MR) is 46.3 cm³/mol. The topological polar surface area (TPSA) is 41.6 Å². The lowest BCUT2D eigenvalue weighted by Crippen LogP contribution is -1.86.